The number of carbonyl (C=O) groups excluding carboxylic acids is 3. The van der Waals surface area contributed by atoms with Crippen molar-refractivity contribution in [2.45, 2.75) is 45.6 Å². The van der Waals surface area contributed by atoms with Gasteiger partial charge in [-0.1, -0.05) is 25.6 Å². The van der Waals surface area contributed by atoms with Gasteiger partial charge < -0.3 is 15.0 Å². The van der Waals surface area contributed by atoms with Crippen LogP contribution in [0.25, 0.3) is 0 Å². The molecule has 1 saturated heterocycles. The summed E-state index contributed by atoms with van der Waals surface area (Å²) in [5.41, 5.74) is 1.10. The standard InChI is InChI=1S/C22H27F3N2O4Si/c1-7-15-16(26-13(2)28)12-17(31-3)18(20(15)32(4,5)6)19(29)14-8-10-27(11-9-14)21(30)22(23,24)25/h1,12,14H,8-11H2,2-6H3,(H,26,28). The number of benzene rings is 1. The molecule has 1 aromatic carbocycles. The lowest BCUT2D eigenvalue weighted by Gasteiger charge is -2.33. The number of hydrogen-bond donors (Lipinski definition) is 1. The molecule has 32 heavy (non-hydrogen) atoms. The summed E-state index contributed by atoms with van der Waals surface area (Å²) in [6.45, 7) is 7.03. The third kappa shape index (κ3) is 5.33. The molecular formula is C22H27F3N2O4Si. The van der Waals surface area contributed by atoms with E-state index in [1.54, 1.807) is 0 Å². The van der Waals surface area contributed by atoms with Gasteiger partial charge in [0.05, 0.1) is 26.4 Å². The Morgan fingerprint density at radius 3 is 2.19 bits per heavy atom. The molecule has 0 saturated carbocycles. The number of methoxy groups -OCH3 is 1. The second-order valence-corrected chi connectivity index (χ2v) is 13.8. The molecule has 174 valence electrons. The highest BCUT2D eigenvalue weighted by Crippen LogP contribution is 2.33. The lowest BCUT2D eigenvalue weighted by Crippen LogP contribution is -2.48. The highest BCUT2D eigenvalue weighted by Gasteiger charge is 2.44. The van der Waals surface area contributed by atoms with Crippen LogP contribution in [0.3, 0.4) is 0 Å². The first-order valence-corrected chi connectivity index (χ1v) is 13.6. The SMILES string of the molecule is C#Cc1c(NC(C)=O)cc(OC)c(C(=O)C2CCN(C(=O)C(F)(F)F)CC2)c1[Si](C)(C)C. The number of carbonyl (C=O) groups is 3. The first-order valence-electron chi connectivity index (χ1n) is 10.1. The van der Waals surface area contributed by atoms with Crippen molar-refractivity contribution in [2.24, 2.45) is 5.92 Å². The number of terminal acetylenes is 1. The van der Waals surface area contributed by atoms with E-state index in [0.717, 1.165) is 4.90 Å². The van der Waals surface area contributed by atoms with E-state index in [4.69, 9.17) is 11.2 Å². The number of anilines is 1. The molecule has 0 atom stereocenters. The molecule has 2 rings (SSSR count). The van der Waals surface area contributed by atoms with Crippen LogP contribution >= 0.6 is 0 Å². The second-order valence-electron chi connectivity index (χ2n) is 8.76. The van der Waals surface area contributed by atoms with Gasteiger partial charge in [-0.05, 0) is 18.0 Å². The van der Waals surface area contributed by atoms with E-state index in [2.05, 4.69) is 11.2 Å². The fourth-order valence-corrected chi connectivity index (χ4v) is 5.93. The van der Waals surface area contributed by atoms with Crippen molar-refractivity contribution in [1.82, 2.24) is 4.90 Å². The number of nitrogens with one attached hydrogen (secondary N) is 1. The van der Waals surface area contributed by atoms with E-state index < -0.39 is 26.1 Å². The number of ether oxygens (including phenoxy) is 1. The van der Waals surface area contributed by atoms with Crippen LogP contribution in [0.5, 0.6) is 5.75 Å². The lowest BCUT2D eigenvalue weighted by molar-refractivity contribution is -0.186. The Bertz CT molecular complexity index is 969. The molecule has 0 unspecified atom stereocenters. The molecule has 6 nitrogen and oxygen atoms in total. The van der Waals surface area contributed by atoms with Gasteiger partial charge >= 0.3 is 12.1 Å². The molecule has 1 aliphatic heterocycles. The normalized spacial score (nSPS) is 15.2. The molecule has 1 aromatic rings. The number of rotatable bonds is 5. The highest BCUT2D eigenvalue weighted by molar-refractivity contribution is 6.90. The van der Waals surface area contributed by atoms with Crippen molar-refractivity contribution in [3.05, 3.63) is 17.2 Å². The van der Waals surface area contributed by atoms with Gasteiger partial charge in [-0.2, -0.15) is 13.2 Å². The quantitative estimate of drug-likeness (QED) is 0.409. The number of likely N-dealkylation sites (tertiary alicyclic amines) is 1. The summed E-state index contributed by atoms with van der Waals surface area (Å²) >= 11 is 0. The minimum Gasteiger partial charge on any atom is -0.496 e. The van der Waals surface area contributed by atoms with Crippen molar-refractivity contribution < 1.29 is 32.3 Å². The average Bonchev–Trinajstić information content (AvgIpc) is 2.70. The maximum atomic E-state index is 13.6. The minimum absolute atomic E-state index is 0.105. The third-order valence-electron chi connectivity index (χ3n) is 5.36. The van der Waals surface area contributed by atoms with Crippen LogP contribution in [0, 0.1) is 18.3 Å². The van der Waals surface area contributed by atoms with E-state index >= 15 is 0 Å². The molecule has 0 aliphatic carbocycles. The Kier molecular flexibility index (Phi) is 7.45. The molecule has 0 spiro atoms. The van der Waals surface area contributed by atoms with E-state index in [9.17, 15) is 27.6 Å². The van der Waals surface area contributed by atoms with Gasteiger partial charge in [-0.3, -0.25) is 14.4 Å². The number of piperidine rings is 1. The molecule has 2 amide bonds. The fourth-order valence-electron chi connectivity index (χ4n) is 3.98. The van der Waals surface area contributed by atoms with Gasteiger partial charge in [0.2, 0.25) is 5.91 Å². The molecule has 1 heterocycles. The van der Waals surface area contributed by atoms with Crippen molar-refractivity contribution in [1.29, 1.82) is 0 Å². The molecule has 0 aromatic heterocycles. The van der Waals surface area contributed by atoms with E-state index in [1.165, 1.54) is 20.1 Å². The number of Topliss-reactive ketones (excluding diaryl/α,β-unsaturated/α-hetero) is 1. The minimum atomic E-state index is -4.94. The Balaban J connectivity index is 2.51. The summed E-state index contributed by atoms with van der Waals surface area (Å²) in [5, 5.41) is 3.34. The van der Waals surface area contributed by atoms with E-state index in [1.807, 2.05) is 19.6 Å². The first-order chi connectivity index (χ1) is 14.7. The van der Waals surface area contributed by atoms with Crippen molar-refractivity contribution in [3.8, 4) is 18.1 Å². The average molecular weight is 469 g/mol. The summed E-state index contributed by atoms with van der Waals surface area (Å²) in [6.07, 6.45) is 1.04. The Morgan fingerprint density at radius 2 is 1.78 bits per heavy atom. The zero-order chi connectivity index (χ0) is 24.4. The highest BCUT2D eigenvalue weighted by atomic mass is 28.3. The maximum absolute atomic E-state index is 13.6. The topological polar surface area (TPSA) is 75.7 Å². The lowest BCUT2D eigenvalue weighted by atomic mass is 9.87. The third-order valence-corrected chi connectivity index (χ3v) is 7.36. The van der Waals surface area contributed by atoms with E-state index in [0.29, 0.717) is 22.0 Å². The van der Waals surface area contributed by atoms with Crippen LogP contribution in [0.2, 0.25) is 19.6 Å². The number of nitrogens with zero attached hydrogens (tertiary/aromatic N) is 1. The van der Waals surface area contributed by atoms with Gasteiger partial charge in [0.15, 0.2) is 5.78 Å². The zero-order valence-electron chi connectivity index (χ0n) is 18.8. The maximum Gasteiger partial charge on any atom is 0.471 e. The second kappa shape index (κ2) is 9.36. The number of halogens is 3. The molecule has 1 N–H and O–H groups in total. The van der Waals surface area contributed by atoms with Crippen LogP contribution in [-0.4, -0.2) is 56.9 Å². The molecule has 1 aliphatic rings. The van der Waals surface area contributed by atoms with Crippen molar-refractivity contribution in [2.75, 3.05) is 25.5 Å². The Hall–Kier alpha value is -2.80. The van der Waals surface area contributed by atoms with Gasteiger partial charge in [-0.25, -0.2) is 0 Å². The molecular weight excluding hydrogens is 441 g/mol. The van der Waals surface area contributed by atoms with E-state index in [-0.39, 0.29) is 43.4 Å². The monoisotopic (exact) mass is 468 g/mol. The molecule has 10 heteroatoms. The Labute approximate surface area is 186 Å². The fraction of sp³-hybridized carbons (Fsp3) is 0.500. The largest absolute Gasteiger partial charge is 0.496 e. The summed E-state index contributed by atoms with van der Waals surface area (Å²) in [6, 6.07) is 1.51. The number of ketones is 1. The number of amides is 2. The van der Waals surface area contributed by atoms with Crippen molar-refractivity contribution >= 4 is 36.5 Å². The van der Waals surface area contributed by atoms with Gasteiger partial charge in [0.1, 0.15) is 5.75 Å². The van der Waals surface area contributed by atoms with Gasteiger partial charge in [0, 0.05) is 37.6 Å². The first kappa shape index (κ1) is 25.5. The molecule has 0 radical (unpaired) electrons. The summed E-state index contributed by atoms with van der Waals surface area (Å²) in [4.78, 5) is 37.5. The smallest absolute Gasteiger partial charge is 0.471 e. The van der Waals surface area contributed by atoms with Crippen molar-refractivity contribution in [3.63, 3.8) is 0 Å². The van der Waals surface area contributed by atoms with Gasteiger partial charge in [-0.15, -0.1) is 6.42 Å². The summed E-state index contributed by atoms with van der Waals surface area (Å²) in [5.74, 6) is -0.216. The summed E-state index contributed by atoms with van der Waals surface area (Å²) in [7, 11) is -0.863. The predicted molar refractivity (Wildman–Crippen MR) is 118 cm³/mol. The molecule has 0 bridgehead atoms. The Morgan fingerprint density at radius 1 is 1.22 bits per heavy atom. The van der Waals surface area contributed by atoms with Crippen LogP contribution < -0.4 is 15.2 Å². The predicted octanol–water partition coefficient (Wildman–Crippen LogP) is 3.16. The van der Waals surface area contributed by atoms with Gasteiger partial charge in [0.25, 0.3) is 0 Å². The summed E-state index contributed by atoms with van der Waals surface area (Å²) < 4.78 is 43.7. The van der Waals surface area contributed by atoms with Crippen LogP contribution in [0.15, 0.2) is 6.07 Å². The molecule has 1 fully saturated rings. The number of alkyl halides is 3. The van der Waals surface area contributed by atoms with Crippen LogP contribution in [0.4, 0.5) is 18.9 Å². The van der Waals surface area contributed by atoms with Crippen LogP contribution in [-0.2, 0) is 9.59 Å². The zero-order valence-corrected chi connectivity index (χ0v) is 19.8. The number of hydrogen-bond acceptors (Lipinski definition) is 4. The van der Waals surface area contributed by atoms with Crippen LogP contribution in [0.1, 0.15) is 35.7 Å².